The topological polar surface area (TPSA) is 124 Å². The molecule has 0 spiro atoms. The van der Waals surface area contributed by atoms with Gasteiger partial charge in [0.25, 0.3) is 5.56 Å². The normalized spacial score (nSPS) is 10.2. The number of esters is 1. The minimum atomic E-state index is -0.810. The predicted octanol–water partition coefficient (Wildman–Crippen LogP) is 0.282. The van der Waals surface area contributed by atoms with Crippen LogP contribution in [0.15, 0.2) is 27.9 Å². The van der Waals surface area contributed by atoms with Crippen molar-refractivity contribution in [1.29, 1.82) is 0 Å². The van der Waals surface area contributed by atoms with E-state index in [1.165, 1.54) is 0 Å². The Morgan fingerprint density at radius 3 is 2.75 bits per heavy atom. The number of carbonyl (C=O) groups is 1. The molecule has 2 aromatic rings. The van der Waals surface area contributed by atoms with Gasteiger partial charge in [-0.3, -0.25) is 24.5 Å². The third-order valence-corrected chi connectivity index (χ3v) is 3.39. The summed E-state index contributed by atoms with van der Waals surface area (Å²) in [6, 6.07) is 2.13. The van der Waals surface area contributed by atoms with Crippen LogP contribution in [0.25, 0.3) is 5.69 Å². The minimum Gasteiger partial charge on any atom is -0.465 e. The van der Waals surface area contributed by atoms with Gasteiger partial charge in [-0.1, -0.05) is 11.3 Å². The first kappa shape index (κ1) is 13.7. The van der Waals surface area contributed by atoms with Crippen LogP contribution in [-0.4, -0.2) is 27.6 Å². The van der Waals surface area contributed by atoms with E-state index in [2.05, 4.69) is 4.74 Å². The number of aromatic amines is 1. The Balaban J connectivity index is 2.71. The maximum Gasteiger partial charge on any atom is 0.350 e. The van der Waals surface area contributed by atoms with Crippen LogP contribution in [0.3, 0.4) is 0 Å². The smallest absolute Gasteiger partial charge is 0.350 e. The zero-order valence-electron chi connectivity index (χ0n) is 9.98. The Bertz CT molecular complexity index is 802. The SMILES string of the molecule is COC(=O)c1sc([N+](=O)[O-])cc1-n1ccc(=O)[nH]c1=O. The quantitative estimate of drug-likeness (QED) is 0.493. The van der Waals surface area contributed by atoms with E-state index in [4.69, 9.17) is 0 Å². The van der Waals surface area contributed by atoms with Crippen molar-refractivity contribution in [3.8, 4) is 5.69 Å². The molecule has 0 atom stereocenters. The molecule has 0 saturated heterocycles. The lowest BCUT2D eigenvalue weighted by Crippen LogP contribution is -2.28. The highest BCUT2D eigenvalue weighted by Crippen LogP contribution is 2.31. The summed E-state index contributed by atoms with van der Waals surface area (Å²) in [7, 11) is 1.12. The first-order chi connectivity index (χ1) is 9.43. The largest absolute Gasteiger partial charge is 0.465 e. The maximum atomic E-state index is 11.7. The number of nitrogens with zero attached hydrogens (tertiary/aromatic N) is 2. The van der Waals surface area contributed by atoms with Crippen molar-refractivity contribution in [3.05, 3.63) is 54.2 Å². The molecular formula is C10H7N3O6S. The number of methoxy groups -OCH3 is 1. The van der Waals surface area contributed by atoms with Crippen molar-refractivity contribution >= 4 is 22.3 Å². The molecule has 10 heteroatoms. The number of thiophene rings is 1. The van der Waals surface area contributed by atoms with Crippen molar-refractivity contribution in [1.82, 2.24) is 9.55 Å². The maximum absolute atomic E-state index is 11.7. The molecule has 0 bridgehead atoms. The number of hydrogen-bond acceptors (Lipinski definition) is 7. The van der Waals surface area contributed by atoms with Crippen LogP contribution < -0.4 is 11.2 Å². The van der Waals surface area contributed by atoms with Crippen LogP contribution in [-0.2, 0) is 4.74 Å². The van der Waals surface area contributed by atoms with Crippen LogP contribution in [0.2, 0.25) is 0 Å². The van der Waals surface area contributed by atoms with Crippen LogP contribution >= 0.6 is 11.3 Å². The molecule has 0 unspecified atom stereocenters. The van der Waals surface area contributed by atoms with Crippen LogP contribution in [0.4, 0.5) is 5.00 Å². The molecule has 2 rings (SSSR count). The van der Waals surface area contributed by atoms with Gasteiger partial charge in [0.2, 0.25) is 0 Å². The zero-order chi connectivity index (χ0) is 14.9. The van der Waals surface area contributed by atoms with Gasteiger partial charge in [0.1, 0.15) is 4.88 Å². The van der Waals surface area contributed by atoms with E-state index in [0.29, 0.717) is 11.3 Å². The van der Waals surface area contributed by atoms with Gasteiger partial charge >= 0.3 is 16.7 Å². The van der Waals surface area contributed by atoms with Gasteiger partial charge in [-0.2, -0.15) is 0 Å². The second kappa shape index (κ2) is 5.09. The summed E-state index contributed by atoms with van der Waals surface area (Å²) in [5, 5.41) is 10.4. The van der Waals surface area contributed by atoms with Gasteiger partial charge in [0.15, 0.2) is 0 Å². The van der Waals surface area contributed by atoms with Crippen molar-refractivity contribution < 1.29 is 14.5 Å². The molecule has 0 saturated carbocycles. The van der Waals surface area contributed by atoms with Crippen LogP contribution in [0.1, 0.15) is 9.67 Å². The summed E-state index contributed by atoms with van der Waals surface area (Å²) in [6.07, 6.45) is 1.12. The van der Waals surface area contributed by atoms with Crippen LogP contribution in [0.5, 0.6) is 0 Å². The fraction of sp³-hybridized carbons (Fsp3) is 0.100. The molecule has 1 N–H and O–H groups in total. The lowest BCUT2D eigenvalue weighted by molar-refractivity contribution is -0.380. The van der Waals surface area contributed by atoms with Gasteiger partial charge in [-0.25, -0.2) is 9.59 Å². The van der Waals surface area contributed by atoms with E-state index in [0.717, 1.165) is 30.0 Å². The number of ether oxygens (including phenoxy) is 1. The van der Waals surface area contributed by atoms with Crippen molar-refractivity contribution in [2.24, 2.45) is 0 Å². The molecule has 9 nitrogen and oxygen atoms in total. The molecule has 0 aromatic carbocycles. The molecule has 20 heavy (non-hydrogen) atoms. The highest BCUT2D eigenvalue weighted by Gasteiger charge is 2.24. The number of rotatable bonds is 3. The second-order valence-electron chi connectivity index (χ2n) is 3.53. The Labute approximate surface area is 114 Å². The Morgan fingerprint density at radius 2 is 2.20 bits per heavy atom. The molecule has 0 aliphatic heterocycles. The molecule has 0 amide bonds. The van der Waals surface area contributed by atoms with E-state index in [9.17, 15) is 24.5 Å². The van der Waals surface area contributed by atoms with E-state index >= 15 is 0 Å². The Hall–Kier alpha value is -2.75. The summed E-state index contributed by atoms with van der Waals surface area (Å²) >= 11 is 0.583. The molecule has 0 fully saturated rings. The van der Waals surface area contributed by atoms with Gasteiger partial charge in [-0.15, -0.1) is 0 Å². The molecule has 0 radical (unpaired) electrons. The summed E-state index contributed by atoms with van der Waals surface area (Å²) in [6.45, 7) is 0. The lowest BCUT2D eigenvalue weighted by atomic mass is 10.3. The van der Waals surface area contributed by atoms with E-state index in [1.54, 1.807) is 0 Å². The third kappa shape index (κ3) is 2.36. The lowest BCUT2D eigenvalue weighted by Gasteiger charge is -2.03. The number of carbonyl (C=O) groups excluding carboxylic acids is 1. The first-order valence-corrected chi connectivity index (χ1v) is 5.94. The van der Waals surface area contributed by atoms with Crippen LogP contribution in [0, 0.1) is 10.1 Å². The van der Waals surface area contributed by atoms with Gasteiger partial charge < -0.3 is 4.74 Å². The first-order valence-electron chi connectivity index (χ1n) is 5.13. The summed E-state index contributed by atoms with van der Waals surface area (Å²) in [5.41, 5.74) is -1.44. The molecule has 0 aliphatic rings. The summed E-state index contributed by atoms with van der Waals surface area (Å²) in [5.74, 6) is -0.809. The molecule has 2 heterocycles. The standard InChI is InChI=1S/C10H7N3O6S/c1-19-9(15)8-5(4-7(20-8)13(17)18)12-3-2-6(14)11-10(12)16/h2-4H,1H3,(H,11,14,16). The van der Waals surface area contributed by atoms with E-state index in [1.807, 2.05) is 4.98 Å². The van der Waals surface area contributed by atoms with Gasteiger partial charge in [0.05, 0.1) is 23.8 Å². The minimum absolute atomic E-state index is 0.0187. The fourth-order valence-electron chi connectivity index (χ4n) is 1.48. The average molecular weight is 297 g/mol. The van der Waals surface area contributed by atoms with Gasteiger partial charge in [-0.05, 0) is 0 Å². The second-order valence-corrected chi connectivity index (χ2v) is 4.56. The van der Waals surface area contributed by atoms with E-state index < -0.39 is 22.1 Å². The highest BCUT2D eigenvalue weighted by molar-refractivity contribution is 7.17. The Kier molecular flexibility index (Phi) is 3.48. The number of aromatic nitrogens is 2. The number of hydrogen-bond donors (Lipinski definition) is 1. The third-order valence-electron chi connectivity index (χ3n) is 2.33. The monoisotopic (exact) mass is 297 g/mol. The molecular weight excluding hydrogens is 290 g/mol. The number of nitro groups is 1. The van der Waals surface area contributed by atoms with Crippen molar-refractivity contribution in [2.75, 3.05) is 7.11 Å². The Morgan fingerprint density at radius 1 is 1.50 bits per heavy atom. The summed E-state index contributed by atoms with van der Waals surface area (Å²) in [4.78, 5) is 46.2. The highest BCUT2D eigenvalue weighted by atomic mass is 32.1. The molecule has 0 aliphatic carbocycles. The average Bonchev–Trinajstić information content (AvgIpc) is 2.83. The van der Waals surface area contributed by atoms with Crippen molar-refractivity contribution in [2.45, 2.75) is 0 Å². The van der Waals surface area contributed by atoms with Crippen molar-refractivity contribution in [3.63, 3.8) is 0 Å². The zero-order valence-corrected chi connectivity index (χ0v) is 10.8. The number of H-pyrrole nitrogens is 1. The molecule has 2 aromatic heterocycles. The van der Waals surface area contributed by atoms with Gasteiger partial charge in [0, 0.05) is 12.3 Å². The number of nitrogens with one attached hydrogen (secondary N) is 1. The predicted molar refractivity (Wildman–Crippen MR) is 68.5 cm³/mol. The van der Waals surface area contributed by atoms with E-state index in [-0.39, 0.29) is 15.6 Å². The summed E-state index contributed by atoms with van der Waals surface area (Å²) < 4.78 is 5.44. The molecule has 104 valence electrons. The fourth-order valence-corrected chi connectivity index (χ4v) is 2.37.